The number of benzene rings is 2. The molecule has 1 heterocycles. The third kappa shape index (κ3) is 3.90. The van der Waals surface area contributed by atoms with Gasteiger partial charge in [-0.1, -0.05) is 18.2 Å². The van der Waals surface area contributed by atoms with Gasteiger partial charge in [0.25, 0.3) is 5.91 Å². The normalized spacial score (nSPS) is 16.9. The second-order valence-corrected chi connectivity index (χ2v) is 6.85. The Morgan fingerprint density at radius 1 is 1.29 bits per heavy atom. The zero-order valence-corrected chi connectivity index (χ0v) is 15.3. The Kier molecular flexibility index (Phi) is 5.41. The monoisotopic (exact) mass is 388 g/mol. The SMILES string of the molecule is COc1ccc(Br)c(C(=O)NCC2CCN(c3ccccc3)C2)c1. The van der Waals surface area contributed by atoms with Crippen molar-refractivity contribution in [3.8, 4) is 5.75 Å². The lowest BCUT2D eigenvalue weighted by atomic mass is 10.1. The number of carbonyl (C=O) groups excluding carboxylic acids is 1. The van der Waals surface area contributed by atoms with E-state index in [9.17, 15) is 4.79 Å². The van der Waals surface area contributed by atoms with E-state index in [1.165, 1.54) is 5.69 Å². The maximum atomic E-state index is 12.4. The summed E-state index contributed by atoms with van der Waals surface area (Å²) in [5, 5.41) is 3.05. The fraction of sp³-hybridized carbons (Fsp3) is 0.316. The highest BCUT2D eigenvalue weighted by Crippen LogP contribution is 2.24. The Morgan fingerprint density at radius 3 is 2.83 bits per heavy atom. The highest BCUT2D eigenvalue weighted by Gasteiger charge is 2.23. The van der Waals surface area contributed by atoms with Crippen molar-refractivity contribution in [2.24, 2.45) is 5.92 Å². The number of anilines is 1. The molecule has 1 aliphatic rings. The van der Waals surface area contributed by atoms with Gasteiger partial charge in [0, 0.05) is 29.8 Å². The minimum Gasteiger partial charge on any atom is -0.497 e. The molecule has 1 N–H and O–H groups in total. The number of rotatable bonds is 5. The first-order chi connectivity index (χ1) is 11.7. The lowest BCUT2D eigenvalue weighted by Gasteiger charge is -2.18. The van der Waals surface area contributed by atoms with E-state index >= 15 is 0 Å². The van der Waals surface area contributed by atoms with Gasteiger partial charge in [-0.3, -0.25) is 4.79 Å². The van der Waals surface area contributed by atoms with Gasteiger partial charge in [-0.05, 0) is 58.6 Å². The van der Waals surface area contributed by atoms with Crippen LogP contribution in [0.15, 0.2) is 53.0 Å². The molecular formula is C19H21BrN2O2. The number of ether oxygens (including phenoxy) is 1. The maximum Gasteiger partial charge on any atom is 0.252 e. The van der Waals surface area contributed by atoms with E-state index in [-0.39, 0.29) is 5.91 Å². The number of nitrogens with zero attached hydrogens (tertiary/aromatic N) is 1. The second-order valence-electron chi connectivity index (χ2n) is 5.99. The predicted molar refractivity (Wildman–Crippen MR) is 99.8 cm³/mol. The number of methoxy groups -OCH3 is 1. The van der Waals surface area contributed by atoms with E-state index in [4.69, 9.17) is 4.74 Å². The summed E-state index contributed by atoms with van der Waals surface area (Å²) in [5.74, 6) is 1.08. The lowest BCUT2D eigenvalue weighted by Crippen LogP contribution is -2.31. The zero-order chi connectivity index (χ0) is 16.9. The van der Waals surface area contributed by atoms with Gasteiger partial charge in [-0.2, -0.15) is 0 Å². The summed E-state index contributed by atoms with van der Waals surface area (Å²) in [6, 6.07) is 15.8. The second kappa shape index (κ2) is 7.71. The molecule has 0 aliphatic carbocycles. The molecule has 0 spiro atoms. The van der Waals surface area contributed by atoms with Crippen LogP contribution in [0.4, 0.5) is 5.69 Å². The van der Waals surface area contributed by atoms with Gasteiger partial charge in [-0.25, -0.2) is 0 Å². The largest absolute Gasteiger partial charge is 0.497 e. The van der Waals surface area contributed by atoms with Gasteiger partial charge in [0.15, 0.2) is 0 Å². The van der Waals surface area contributed by atoms with Gasteiger partial charge in [0.1, 0.15) is 5.75 Å². The predicted octanol–water partition coefficient (Wildman–Crippen LogP) is 3.71. The van der Waals surface area contributed by atoms with Crippen LogP contribution in [-0.2, 0) is 0 Å². The molecule has 0 aromatic heterocycles. The fourth-order valence-electron chi connectivity index (χ4n) is 3.01. The van der Waals surface area contributed by atoms with Gasteiger partial charge >= 0.3 is 0 Å². The highest BCUT2D eigenvalue weighted by molar-refractivity contribution is 9.10. The third-order valence-corrected chi connectivity index (χ3v) is 5.07. The molecule has 0 radical (unpaired) electrons. The average molecular weight is 389 g/mol. The minimum absolute atomic E-state index is 0.0704. The van der Waals surface area contributed by atoms with Crippen molar-refractivity contribution in [3.63, 3.8) is 0 Å². The van der Waals surface area contributed by atoms with Crippen molar-refractivity contribution < 1.29 is 9.53 Å². The minimum atomic E-state index is -0.0704. The van der Waals surface area contributed by atoms with Crippen LogP contribution in [-0.4, -0.2) is 32.7 Å². The Hall–Kier alpha value is -2.01. The first-order valence-electron chi connectivity index (χ1n) is 8.09. The van der Waals surface area contributed by atoms with Crippen molar-refractivity contribution in [1.82, 2.24) is 5.32 Å². The summed E-state index contributed by atoms with van der Waals surface area (Å²) in [6.07, 6.45) is 1.09. The molecule has 24 heavy (non-hydrogen) atoms. The van der Waals surface area contributed by atoms with Crippen molar-refractivity contribution in [2.75, 3.05) is 31.6 Å². The van der Waals surface area contributed by atoms with Crippen LogP contribution < -0.4 is 15.0 Å². The van der Waals surface area contributed by atoms with Crippen LogP contribution in [0, 0.1) is 5.92 Å². The average Bonchev–Trinajstić information content (AvgIpc) is 3.10. The summed E-state index contributed by atoms with van der Waals surface area (Å²) < 4.78 is 5.97. The standard InChI is InChI=1S/C19H21BrN2O2/c1-24-16-7-8-18(20)17(11-16)19(23)21-12-14-9-10-22(13-14)15-5-3-2-4-6-15/h2-8,11,14H,9-10,12-13H2,1H3,(H,21,23). The topological polar surface area (TPSA) is 41.6 Å². The number of nitrogens with one attached hydrogen (secondary N) is 1. The van der Waals surface area contributed by atoms with Crippen molar-refractivity contribution in [3.05, 3.63) is 58.6 Å². The molecule has 0 bridgehead atoms. The maximum absolute atomic E-state index is 12.4. The lowest BCUT2D eigenvalue weighted by molar-refractivity contribution is 0.0947. The fourth-order valence-corrected chi connectivity index (χ4v) is 3.44. The molecule has 4 nitrogen and oxygen atoms in total. The van der Waals surface area contributed by atoms with Crippen LogP contribution in [0.5, 0.6) is 5.75 Å². The Labute approximate surface area is 150 Å². The first-order valence-corrected chi connectivity index (χ1v) is 8.88. The van der Waals surface area contributed by atoms with Crippen LogP contribution >= 0.6 is 15.9 Å². The number of halogens is 1. The molecule has 5 heteroatoms. The smallest absolute Gasteiger partial charge is 0.252 e. The Balaban J connectivity index is 1.56. The number of carbonyl (C=O) groups is 1. The van der Waals surface area contributed by atoms with E-state index in [0.29, 0.717) is 23.8 Å². The number of hydrogen-bond acceptors (Lipinski definition) is 3. The molecule has 1 unspecified atom stereocenters. The van der Waals surface area contributed by atoms with E-state index < -0.39 is 0 Å². The van der Waals surface area contributed by atoms with Crippen LogP contribution in [0.1, 0.15) is 16.8 Å². The molecule has 3 rings (SSSR count). The highest BCUT2D eigenvalue weighted by atomic mass is 79.9. The van der Waals surface area contributed by atoms with Gasteiger partial charge < -0.3 is 15.0 Å². The molecular weight excluding hydrogens is 368 g/mol. The van der Waals surface area contributed by atoms with Crippen molar-refractivity contribution in [1.29, 1.82) is 0 Å². The molecule has 1 atom stereocenters. The quantitative estimate of drug-likeness (QED) is 0.848. The summed E-state index contributed by atoms with van der Waals surface area (Å²) in [4.78, 5) is 14.8. The summed E-state index contributed by atoms with van der Waals surface area (Å²) >= 11 is 3.43. The molecule has 1 amide bonds. The van der Waals surface area contributed by atoms with Gasteiger partial charge in [0.2, 0.25) is 0 Å². The van der Waals surface area contributed by atoms with Gasteiger partial charge in [0.05, 0.1) is 12.7 Å². The van der Waals surface area contributed by atoms with Crippen molar-refractivity contribution >= 4 is 27.5 Å². The van der Waals surface area contributed by atoms with Crippen LogP contribution in [0.2, 0.25) is 0 Å². The molecule has 1 aliphatic heterocycles. The molecule has 0 saturated carbocycles. The van der Waals surface area contributed by atoms with E-state index in [1.54, 1.807) is 13.2 Å². The number of hydrogen-bond donors (Lipinski definition) is 1. The summed E-state index contributed by atoms with van der Waals surface area (Å²) in [5.41, 5.74) is 1.86. The van der Waals surface area contributed by atoms with E-state index in [1.807, 2.05) is 18.2 Å². The third-order valence-electron chi connectivity index (χ3n) is 4.38. The van der Waals surface area contributed by atoms with Crippen molar-refractivity contribution in [2.45, 2.75) is 6.42 Å². The molecule has 2 aromatic rings. The molecule has 126 valence electrons. The molecule has 1 fully saturated rings. The van der Waals surface area contributed by atoms with Gasteiger partial charge in [-0.15, -0.1) is 0 Å². The Morgan fingerprint density at radius 2 is 2.08 bits per heavy atom. The van der Waals surface area contributed by atoms with E-state index in [0.717, 1.165) is 24.0 Å². The number of para-hydroxylation sites is 1. The molecule has 1 saturated heterocycles. The number of amides is 1. The molecule has 2 aromatic carbocycles. The summed E-state index contributed by atoms with van der Waals surface area (Å²) in [7, 11) is 1.60. The van der Waals surface area contributed by atoms with Crippen LogP contribution in [0.25, 0.3) is 0 Å². The van der Waals surface area contributed by atoms with E-state index in [2.05, 4.69) is 50.4 Å². The first kappa shape index (κ1) is 16.8. The zero-order valence-electron chi connectivity index (χ0n) is 13.7. The Bertz CT molecular complexity index is 706. The van der Waals surface area contributed by atoms with Crippen LogP contribution in [0.3, 0.4) is 0 Å². The summed E-state index contributed by atoms with van der Waals surface area (Å²) in [6.45, 7) is 2.70.